The van der Waals surface area contributed by atoms with Crippen molar-refractivity contribution in [3.05, 3.63) is 0 Å². The molecule has 0 fully saturated rings. The summed E-state index contributed by atoms with van der Waals surface area (Å²) in [6.07, 6.45) is -7.75. The zero-order valence-electron chi connectivity index (χ0n) is 12.4. The van der Waals surface area contributed by atoms with Crippen LogP contribution in [0.4, 0.5) is 74.6 Å². The van der Waals surface area contributed by atoms with E-state index >= 15 is 0 Å². The zero-order valence-corrected chi connectivity index (χ0v) is 13.3. The number of halogens is 17. The second-order valence-corrected chi connectivity index (χ2v) is 6.02. The molecule has 170 valence electrons. The fourth-order valence-electron chi connectivity index (χ4n) is 1.44. The molecule has 18 heteroatoms. The first-order chi connectivity index (χ1) is 11.7. The molecule has 0 aromatic carbocycles. The lowest BCUT2D eigenvalue weighted by atomic mass is 9.88. The standard InChI is InChI=1S/C10H5F17S/c1-2(28)3(11,12)4(13,14)5(15,16)6(17,18)7(19,20)8(21,22)9(23,24)10(25,26)27/h2,28H,1H3. The maximum Gasteiger partial charge on any atom is 0.460 e. The molecule has 0 aromatic rings. The average Bonchev–Trinajstić information content (AvgIpc) is 2.44. The molecular formula is C10H5F17S. The van der Waals surface area contributed by atoms with Crippen LogP contribution in [0.15, 0.2) is 0 Å². The first-order valence-corrected chi connectivity index (χ1v) is 6.60. The molecule has 0 saturated heterocycles. The first kappa shape index (κ1) is 27.2. The fourth-order valence-corrected chi connectivity index (χ4v) is 1.60. The highest BCUT2D eigenvalue weighted by molar-refractivity contribution is 7.81. The molecule has 0 saturated carbocycles. The lowest BCUT2D eigenvalue weighted by molar-refractivity contribution is -0.461. The highest BCUT2D eigenvalue weighted by atomic mass is 32.1. The highest BCUT2D eigenvalue weighted by Crippen LogP contribution is 2.64. The van der Waals surface area contributed by atoms with Gasteiger partial charge in [-0.15, -0.1) is 0 Å². The molecule has 0 amide bonds. The van der Waals surface area contributed by atoms with Crippen molar-refractivity contribution in [1.82, 2.24) is 0 Å². The van der Waals surface area contributed by atoms with Crippen molar-refractivity contribution in [2.45, 2.75) is 59.8 Å². The van der Waals surface area contributed by atoms with Crippen molar-refractivity contribution in [3.63, 3.8) is 0 Å². The SMILES string of the molecule is CC(S)C(F)(F)C(F)(F)C(F)(F)C(F)(F)C(F)(F)C(F)(F)C(F)(F)C(F)(F)F. The quantitative estimate of drug-likeness (QED) is 0.321. The molecular weight excluding hydrogens is 475 g/mol. The second kappa shape index (κ2) is 6.58. The van der Waals surface area contributed by atoms with Gasteiger partial charge in [0.25, 0.3) is 0 Å². The Morgan fingerprint density at radius 1 is 0.429 bits per heavy atom. The number of thiol groups is 1. The van der Waals surface area contributed by atoms with Crippen molar-refractivity contribution >= 4 is 12.6 Å². The Bertz CT molecular complexity index is 571. The van der Waals surface area contributed by atoms with E-state index in [-0.39, 0.29) is 6.92 Å². The first-order valence-electron chi connectivity index (χ1n) is 6.09. The van der Waals surface area contributed by atoms with Crippen LogP contribution < -0.4 is 0 Å². The third-order valence-electron chi connectivity index (χ3n) is 3.27. The summed E-state index contributed by atoms with van der Waals surface area (Å²) >= 11 is 2.50. The van der Waals surface area contributed by atoms with E-state index in [4.69, 9.17) is 0 Å². The van der Waals surface area contributed by atoms with Crippen LogP contribution in [0, 0.1) is 0 Å². The number of hydrogen-bond acceptors (Lipinski definition) is 1. The van der Waals surface area contributed by atoms with Gasteiger partial charge in [0.15, 0.2) is 0 Å². The Hall–Kier alpha value is -0.840. The van der Waals surface area contributed by atoms with Crippen molar-refractivity contribution in [1.29, 1.82) is 0 Å². The molecule has 0 heterocycles. The fraction of sp³-hybridized carbons (Fsp3) is 1.00. The lowest BCUT2D eigenvalue weighted by Gasteiger charge is -2.43. The Morgan fingerprint density at radius 2 is 0.643 bits per heavy atom. The molecule has 28 heavy (non-hydrogen) atoms. The topological polar surface area (TPSA) is 0 Å². The van der Waals surface area contributed by atoms with Crippen LogP contribution >= 0.6 is 12.6 Å². The van der Waals surface area contributed by atoms with Gasteiger partial charge < -0.3 is 0 Å². The lowest BCUT2D eigenvalue weighted by Crippen LogP contribution is -2.75. The molecule has 0 aliphatic carbocycles. The predicted octanol–water partition coefficient (Wildman–Crippen LogP) is 6.31. The molecule has 0 aromatic heterocycles. The minimum Gasteiger partial charge on any atom is -0.198 e. The predicted molar refractivity (Wildman–Crippen MR) is 59.1 cm³/mol. The van der Waals surface area contributed by atoms with Crippen molar-refractivity contribution in [2.75, 3.05) is 0 Å². The van der Waals surface area contributed by atoms with Crippen LogP contribution in [0.5, 0.6) is 0 Å². The maximum atomic E-state index is 13.2. The molecule has 0 aliphatic rings. The van der Waals surface area contributed by atoms with E-state index in [1.165, 1.54) is 0 Å². The van der Waals surface area contributed by atoms with Crippen LogP contribution in [0.3, 0.4) is 0 Å². The molecule has 0 spiro atoms. The minimum atomic E-state index is -8.60. The number of hydrogen-bond donors (Lipinski definition) is 1. The highest BCUT2D eigenvalue weighted by Gasteiger charge is 2.95. The Labute approximate surface area is 148 Å². The molecule has 0 aliphatic heterocycles. The van der Waals surface area contributed by atoms with Crippen LogP contribution in [-0.2, 0) is 0 Å². The van der Waals surface area contributed by atoms with E-state index < -0.39 is 52.9 Å². The van der Waals surface area contributed by atoms with Gasteiger partial charge in [-0.2, -0.15) is 87.3 Å². The molecule has 0 bridgehead atoms. The number of rotatable bonds is 7. The van der Waals surface area contributed by atoms with Gasteiger partial charge in [0.05, 0.1) is 5.25 Å². The van der Waals surface area contributed by atoms with Gasteiger partial charge in [-0.25, -0.2) is 0 Å². The van der Waals surface area contributed by atoms with E-state index in [0.29, 0.717) is 0 Å². The summed E-state index contributed by atoms with van der Waals surface area (Å²) in [4.78, 5) is 0. The minimum absolute atomic E-state index is 0.157. The van der Waals surface area contributed by atoms with Gasteiger partial charge in [0.1, 0.15) is 0 Å². The Balaban J connectivity index is 6.72. The van der Waals surface area contributed by atoms with Gasteiger partial charge in [0.2, 0.25) is 0 Å². The molecule has 1 unspecified atom stereocenters. The van der Waals surface area contributed by atoms with Gasteiger partial charge >= 0.3 is 47.6 Å². The molecule has 0 rings (SSSR count). The van der Waals surface area contributed by atoms with Gasteiger partial charge in [-0.3, -0.25) is 0 Å². The molecule has 0 nitrogen and oxygen atoms in total. The normalized spacial score (nSPS) is 17.7. The van der Waals surface area contributed by atoms with Crippen LogP contribution in [0.25, 0.3) is 0 Å². The largest absolute Gasteiger partial charge is 0.460 e. The van der Waals surface area contributed by atoms with Crippen LogP contribution in [0.1, 0.15) is 6.92 Å². The third-order valence-corrected chi connectivity index (χ3v) is 3.60. The van der Waals surface area contributed by atoms with E-state index in [2.05, 4.69) is 12.6 Å². The van der Waals surface area contributed by atoms with Gasteiger partial charge in [0, 0.05) is 0 Å². The molecule has 0 N–H and O–H groups in total. The number of alkyl halides is 17. The van der Waals surface area contributed by atoms with E-state index in [1.54, 1.807) is 0 Å². The van der Waals surface area contributed by atoms with Crippen molar-refractivity contribution in [3.8, 4) is 0 Å². The van der Waals surface area contributed by atoms with Gasteiger partial charge in [-0.05, 0) is 6.92 Å². The average molecular weight is 480 g/mol. The summed E-state index contributed by atoms with van der Waals surface area (Å²) in [5, 5.41) is -3.32. The summed E-state index contributed by atoms with van der Waals surface area (Å²) in [6, 6.07) is 0. The second-order valence-electron chi connectivity index (χ2n) is 5.24. The van der Waals surface area contributed by atoms with E-state index in [9.17, 15) is 74.6 Å². The summed E-state index contributed by atoms with van der Waals surface area (Å²) in [5.74, 6) is -56.1. The molecule has 0 radical (unpaired) electrons. The van der Waals surface area contributed by atoms with Crippen LogP contribution in [-0.4, -0.2) is 52.9 Å². The van der Waals surface area contributed by atoms with E-state index in [0.717, 1.165) is 0 Å². The monoisotopic (exact) mass is 480 g/mol. The smallest absolute Gasteiger partial charge is 0.198 e. The molecule has 1 atom stereocenters. The van der Waals surface area contributed by atoms with E-state index in [1.807, 2.05) is 0 Å². The Kier molecular flexibility index (Phi) is 6.38. The maximum absolute atomic E-state index is 13.2. The Morgan fingerprint density at radius 3 is 0.857 bits per heavy atom. The zero-order chi connectivity index (χ0) is 23.6. The van der Waals surface area contributed by atoms with Gasteiger partial charge in [-0.1, -0.05) is 0 Å². The third kappa shape index (κ3) is 3.16. The summed E-state index contributed by atoms with van der Waals surface area (Å²) in [6.45, 7) is -0.157. The van der Waals surface area contributed by atoms with Crippen molar-refractivity contribution in [2.24, 2.45) is 0 Å². The summed E-state index contributed by atoms with van der Waals surface area (Å²) in [7, 11) is 0. The summed E-state index contributed by atoms with van der Waals surface area (Å²) in [5.41, 5.74) is 0. The van der Waals surface area contributed by atoms with Crippen molar-refractivity contribution < 1.29 is 74.6 Å². The summed E-state index contributed by atoms with van der Waals surface area (Å²) < 4.78 is 217. The van der Waals surface area contributed by atoms with Crippen LogP contribution in [0.2, 0.25) is 0 Å².